The quantitative estimate of drug-likeness (QED) is 0.658. The average molecular weight is 403 g/mol. The zero-order chi connectivity index (χ0) is 19.7. The van der Waals surface area contributed by atoms with E-state index < -0.39 is 11.6 Å². The van der Waals surface area contributed by atoms with Crippen LogP contribution in [0.15, 0.2) is 48.5 Å². The van der Waals surface area contributed by atoms with Crippen molar-refractivity contribution in [1.82, 2.24) is 14.3 Å². The Hall–Kier alpha value is -2.42. The van der Waals surface area contributed by atoms with Gasteiger partial charge in [0.1, 0.15) is 11.6 Å². The van der Waals surface area contributed by atoms with Crippen molar-refractivity contribution in [3.05, 3.63) is 64.9 Å². The monoisotopic (exact) mass is 403 g/mol. The summed E-state index contributed by atoms with van der Waals surface area (Å²) in [7, 11) is 0. The van der Waals surface area contributed by atoms with E-state index in [1.54, 1.807) is 9.25 Å². The lowest BCUT2D eigenvalue weighted by atomic mass is 10.1. The maximum atomic E-state index is 14.5. The van der Waals surface area contributed by atoms with E-state index in [1.165, 1.54) is 17.0 Å². The van der Waals surface area contributed by atoms with Crippen LogP contribution in [0.2, 0.25) is 0 Å². The van der Waals surface area contributed by atoms with E-state index in [1.807, 2.05) is 30.3 Å². The minimum absolute atomic E-state index is 0.167. The molecule has 0 radical (unpaired) electrons. The Bertz CT molecular complexity index is 1030. The van der Waals surface area contributed by atoms with Gasteiger partial charge >= 0.3 is 0 Å². The van der Waals surface area contributed by atoms with Crippen LogP contribution in [0.5, 0.6) is 0 Å². The molecule has 0 atom stereocenters. The molecule has 1 aliphatic heterocycles. The van der Waals surface area contributed by atoms with Crippen LogP contribution in [0, 0.1) is 16.4 Å². The smallest absolute Gasteiger partial charge is 0.207 e. The van der Waals surface area contributed by atoms with Crippen molar-refractivity contribution in [2.24, 2.45) is 0 Å². The van der Waals surface area contributed by atoms with Crippen LogP contribution in [0.1, 0.15) is 12.8 Å². The summed E-state index contributed by atoms with van der Waals surface area (Å²) in [5.41, 5.74) is 0.959. The molecule has 2 N–H and O–H groups in total. The third-order valence-electron chi connectivity index (χ3n) is 5.06. The van der Waals surface area contributed by atoms with Gasteiger partial charge in [0.2, 0.25) is 4.77 Å². The number of nitrogens with one attached hydrogen (secondary N) is 1. The van der Waals surface area contributed by atoms with Crippen LogP contribution < -0.4 is 4.90 Å². The van der Waals surface area contributed by atoms with Crippen molar-refractivity contribution in [2.45, 2.75) is 25.6 Å². The van der Waals surface area contributed by atoms with Gasteiger partial charge in [-0.05, 0) is 24.4 Å². The van der Waals surface area contributed by atoms with Crippen LogP contribution >= 0.6 is 12.2 Å². The number of quaternary nitrogens is 1. The largest absolute Gasteiger partial charge is 0.393 e. The second-order valence-electron chi connectivity index (χ2n) is 7.04. The molecule has 1 aliphatic rings. The molecular formula is C20H21F2N4OS+. The van der Waals surface area contributed by atoms with Crippen LogP contribution in [-0.2, 0) is 6.67 Å². The first-order valence-corrected chi connectivity index (χ1v) is 9.66. The molecule has 1 saturated heterocycles. The number of aromatic nitrogens is 3. The molecule has 0 amide bonds. The number of rotatable bonds is 4. The number of nitrogens with zero attached hydrogens (tertiary/aromatic N) is 3. The molecule has 5 nitrogen and oxygen atoms in total. The van der Waals surface area contributed by atoms with Crippen molar-refractivity contribution >= 4 is 12.2 Å². The third kappa shape index (κ3) is 3.76. The summed E-state index contributed by atoms with van der Waals surface area (Å²) in [6.45, 7) is 2.17. The van der Waals surface area contributed by atoms with Gasteiger partial charge in [0.15, 0.2) is 12.5 Å². The predicted octanol–water partition coefficient (Wildman–Crippen LogP) is 2.35. The Kier molecular flexibility index (Phi) is 5.34. The molecule has 0 aliphatic carbocycles. The second-order valence-corrected chi connectivity index (χ2v) is 7.41. The fraction of sp³-hybridized carbons (Fsp3) is 0.300. The summed E-state index contributed by atoms with van der Waals surface area (Å²) in [6.07, 6.45) is 1.23. The number of likely N-dealkylation sites (tertiary alicyclic amines) is 1. The number of hydrogen-bond acceptors (Lipinski definition) is 3. The van der Waals surface area contributed by atoms with Crippen LogP contribution in [0.4, 0.5) is 8.78 Å². The van der Waals surface area contributed by atoms with Crippen LogP contribution in [0.25, 0.3) is 17.1 Å². The molecule has 146 valence electrons. The van der Waals surface area contributed by atoms with E-state index in [0.717, 1.165) is 37.6 Å². The van der Waals surface area contributed by atoms with Gasteiger partial charge in [-0.1, -0.05) is 30.3 Å². The molecule has 4 rings (SSSR count). The molecule has 8 heteroatoms. The molecule has 28 heavy (non-hydrogen) atoms. The minimum Gasteiger partial charge on any atom is -0.393 e. The summed E-state index contributed by atoms with van der Waals surface area (Å²) in [5.74, 6) is -0.827. The fourth-order valence-corrected chi connectivity index (χ4v) is 3.84. The van der Waals surface area contributed by atoms with Gasteiger partial charge in [0, 0.05) is 24.5 Å². The number of piperidine rings is 1. The lowest BCUT2D eigenvalue weighted by Gasteiger charge is -2.26. The van der Waals surface area contributed by atoms with E-state index in [0.29, 0.717) is 17.3 Å². The summed E-state index contributed by atoms with van der Waals surface area (Å²) in [6, 6.07) is 12.8. The first kappa shape index (κ1) is 18.9. The van der Waals surface area contributed by atoms with Gasteiger partial charge in [-0.25, -0.2) is 8.78 Å². The average Bonchev–Trinajstić information content (AvgIpc) is 3.01. The molecule has 2 aromatic carbocycles. The standard InChI is InChI=1S/C20H20F2N4OS/c21-15-6-7-18(17(22)12-15)26-19(14-4-2-1-3-5-14)23-25(20(26)28)13-24-10-8-16(27)9-11-24/h1-7,12,16,27H,8-11,13H2/p+1. The highest BCUT2D eigenvalue weighted by molar-refractivity contribution is 7.71. The van der Waals surface area contributed by atoms with Gasteiger partial charge in [0.05, 0.1) is 24.9 Å². The predicted molar refractivity (Wildman–Crippen MR) is 104 cm³/mol. The van der Waals surface area contributed by atoms with Crippen LogP contribution in [-0.4, -0.2) is 38.6 Å². The molecular weight excluding hydrogens is 382 g/mol. The van der Waals surface area contributed by atoms with Crippen molar-refractivity contribution in [2.75, 3.05) is 13.1 Å². The zero-order valence-electron chi connectivity index (χ0n) is 15.2. The number of halogens is 2. The van der Waals surface area contributed by atoms with Crippen molar-refractivity contribution in [3.63, 3.8) is 0 Å². The Balaban J connectivity index is 1.79. The highest BCUT2D eigenvalue weighted by Gasteiger charge is 2.23. The summed E-state index contributed by atoms with van der Waals surface area (Å²) in [4.78, 5) is 1.25. The Morgan fingerprint density at radius 1 is 1.11 bits per heavy atom. The Morgan fingerprint density at radius 3 is 2.50 bits per heavy atom. The second kappa shape index (κ2) is 7.90. The number of aliphatic hydroxyl groups excluding tert-OH is 1. The van der Waals surface area contributed by atoms with E-state index in [2.05, 4.69) is 5.10 Å². The number of benzene rings is 2. The van der Waals surface area contributed by atoms with Crippen LogP contribution in [0.3, 0.4) is 0 Å². The molecule has 1 aromatic heterocycles. The number of hydrogen-bond donors (Lipinski definition) is 2. The van der Waals surface area contributed by atoms with Crippen molar-refractivity contribution in [1.29, 1.82) is 0 Å². The molecule has 0 unspecified atom stereocenters. The highest BCUT2D eigenvalue weighted by Crippen LogP contribution is 2.24. The third-order valence-corrected chi connectivity index (χ3v) is 5.45. The summed E-state index contributed by atoms with van der Waals surface area (Å²) < 4.78 is 31.6. The Morgan fingerprint density at radius 2 is 1.82 bits per heavy atom. The van der Waals surface area contributed by atoms with E-state index in [-0.39, 0.29) is 11.8 Å². The normalized spacial score (nSPS) is 19.7. The highest BCUT2D eigenvalue weighted by atomic mass is 32.1. The molecule has 0 spiro atoms. The zero-order valence-corrected chi connectivity index (χ0v) is 16.0. The van der Waals surface area contributed by atoms with E-state index in [4.69, 9.17) is 12.2 Å². The lowest BCUT2D eigenvalue weighted by molar-refractivity contribution is -0.929. The maximum absolute atomic E-state index is 14.5. The number of aliphatic hydroxyl groups is 1. The summed E-state index contributed by atoms with van der Waals surface area (Å²) in [5, 5.41) is 14.4. The van der Waals surface area contributed by atoms with Gasteiger partial charge in [-0.3, -0.25) is 4.57 Å². The van der Waals surface area contributed by atoms with Gasteiger partial charge < -0.3 is 10.0 Å². The van der Waals surface area contributed by atoms with E-state index >= 15 is 0 Å². The van der Waals surface area contributed by atoms with Gasteiger partial charge in [-0.15, -0.1) is 5.10 Å². The van der Waals surface area contributed by atoms with Crippen molar-refractivity contribution in [3.8, 4) is 17.1 Å². The van der Waals surface area contributed by atoms with E-state index in [9.17, 15) is 13.9 Å². The van der Waals surface area contributed by atoms with Crippen molar-refractivity contribution < 1.29 is 18.8 Å². The molecule has 2 heterocycles. The first-order chi connectivity index (χ1) is 13.5. The molecule has 3 aromatic rings. The maximum Gasteiger partial charge on any atom is 0.207 e. The fourth-order valence-electron chi connectivity index (χ4n) is 3.55. The SMILES string of the molecule is OC1CC[NH+](Cn2nc(-c3ccccc3)n(-c3ccc(F)cc3F)c2=S)CC1. The topological polar surface area (TPSA) is 47.4 Å². The Labute approximate surface area is 166 Å². The molecule has 1 fully saturated rings. The first-order valence-electron chi connectivity index (χ1n) is 9.25. The van der Waals surface area contributed by atoms with Gasteiger partial charge in [0.25, 0.3) is 0 Å². The molecule has 0 saturated carbocycles. The minimum atomic E-state index is -0.693. The summed E-state index contributed by atoms with van der Waals surface area (Å²) >= 11 is 5.62. The van der Waals surface area contributed by atoms with Gasteiger partial charge in [-0.2, -0.15) is 4.68 Å². The molecule has 0 bridgehead atoms. The lowest BCUT2D eigenvalue weighted by Crippen LogP contribution is -3.12.